The number of rotatable bonds is 30. The van der Waals surface area contributed by atoms with Crippen molar-refractivity contribution >= 4 is 59.1 Å². The number of nitrogens with one attached hydrogen (secondary N) is 8. The molecule has 27 nitrogen and oxygen atoms in total. The first kappa shape index (κ1) is 62.9. The van der Waals surface area contributed by atoms with Gasteiger partial charge in [0.2, 0.25) is 53.2 Å². The number of imidazole rings is 1. The highest BCUT2D eigenvalue weighted by Crippen LogP contribution is 2.20. The first-order valence-corrected chi connectivity index (χ1v) is 26.1. The number of aliphatic hydroxyl groups is 2. The van der Waals surface area contributed by atoms with E-state index in [0.29, 0.717) is 28.8 Å². The third kappa shape index (κ3) is 19.1. The molecule has 1 saturated heterocycles. The molecule has 5 rings (SSSR count). The van der Waals surface area contributed by atoms with Gasteiger partial charge < -0.3 is 84.1 Å². The number of carboxylic acids is 1. The number of aromatic amines is 1. The average molecular weight is 1130 g/mol. The van der Waals surface area contributed by atoms with E-state index in [9.17, 15) is 73.5 Å². The SMILES string of the molecule is CC(C)[C@H](NC(=O)[C@H](Cc1ccc(O)cc1)NC(=O)[C@H](CO)NC(=O)[C@@H]1CCCN1C(=O)[C@@H](N)CO)C(=O)N[C@@H](Cc1ccc(O)cc1)C(=O)N[C@@H](Cc1cnc[nH]1)C(=O)N[C@@H](CCC(N)=O)C(=O)N[C@@H](Cc1ccccc1)C(=O)O. The van der Waals surface area contributed by atoms with Crippen LogP contribution in [0.2, 0.25) is 0 Å². The van der Waals surface area contributed by atoms with E-state index >= 15 is 0 Å². The van der Waals surface area contributed by atoms with Gasteiger partial charge in [-0.2, -0.15) is 0 Å². The molecule has 1 fully saturated rings. The molecular weight excluding hydrogens is 1060 g/mol. The molecule has 27 heteroatoms. The van der Waals surface area contributed by atoms with Crippen LogP contribution in [0.25, 0.3) is 0 Å². The highest BCUT2D eigenvalue weighted by Gasteiger charge is 2.39. The standard InChI is InChI=1S/C54H70N12O15/c1-29(2)45(65-49(75)39(22-32-12-16-35(70)17-13-32)60-50(76)42(27-68)64-51(77)43-9-6-20-66(43)53(79)36(55)26-67)52(78)62-38(21-31-10-14-34(69)15-11-31)47(73)61-40(24-33-25-57-28-58-33)48(74)59-37(18-19-44(56)71)46(72)63-41(54(80)81)23-30-7-4-3-5-8-30/h3-5,7-8,10-17,25,28-29,36-43,45,67-70H,6,9,18-24,26-27,55H2,1-2H3,(H2,56,71)(H,57,58)(H,59,74)(H,60,76)(H,61,73)(H,62,78)(H,63,72)(H,64,77)(H,65,75)(H,80,81)/t36-,37-,38-,39-,40-,41-,42-,43-,45-/m0/s1. The first-order chi connectivity index (χ1) is 38.6. The second-order valence-corrected chi connectivity index (χ2v) is 19.8. The van der Waals surface area contributed by atoms with E-state index in [4.69, 9.17) is 11.5 Å². The Morgan fingerprint density at radius 3 is 1.60 bits per heavy atom. The summed E-state index contributed by atoms with van der Waals surface area (Å²) >= 11 is 0. The summed E-state index contributed by atoms with van der Waals surface area (Å²) in [4.78, 5) is 144. The summed E-state index contributed by atoms with van der Waals surface area (Å²) in [7, 11) is 0. The first-order valence-electron chi connectivity index (χ1n) is 26.1. The molecule has 0 saturated carbocycles. The van der Waals surface area contributed by atoms with E-state index in [2.05, 4.69) is 47.2 Å². The highest BCUT2D eigenvalue weighted by atomic mass is 16.4. The molecule has 17 N–H and O–H groups in total. The number of carbonyl (C=O) groups excluding carboxylic acids is 9. The van der Waals surface area contributed by atoms with Crippen LogP contribution in [-0.2, 0) is 73.6 Å². The van der Waals surface area contributed by atoms with Gasteiger partial charge in [-0.15, -0.1) is 0 Å². The van der Waals surface area contributed by atoms with Crippen LogP contribution < -0.4 is 48.7 Å². The molecule has 436 valence electrons. The molecule has 0 aliphatic carbocycles. The van der Waals surface area contributed by atoms with E-state index < -0.39 is 139 Å². The molecule has 1 aliphatic rings. The number of phenols is 2. The van der Waals surface area contributed by atoms with Crippen LogP contribution in [0.4, 0.5) is 0 Å². The number of carboxylic acid groups (broad SMARTS) is 1. The second-order valence-electron chi connectivity index (χ2n) is 19.8. The molecule has 1 aromatic heterocycles. The van der Waals surface area contributed by atoms with Gasteiger partial charge in [0.1, 0.15) is 65.9 Å². The fraction of sp³-hybridized carbons (Fsp3) is 0.426. The van der Waals surface area contributed by atoms with Crippen molar-refractivity contribution in [3.8, 4) is 11.5 Å². The maximum Gasteiger partial charge on any atom is 0.326 e. The summed E-state index contributed by atoms with van der Waals surface area (Å²) in [5.41, 5.74) is 12.8. The van der Waals surface area contributed by atoms with Crippen molar-refractivity contribution < 1.29 is 73.5 Å². The normalized spacial score (nSPS) is 16.0. The van der Waals surface area contributed by atoms with Crippen LogP contribution in [0.3, 0.4) is 0 Å². The third-order valence-electron chi connectivity index (χ3n) is 13.3. The van der Waals surface area contributed by atoms with Crippen LogP contribution >= 0.6 is 0 Å². The molecule has 0 radical (unpaired) electrons. The lowest BCUT2D eigenvalue weighted by atomic mass is 9.99. The van der Waals surface area contributed by atoms with Crippen molar-refractivity contribution in [2.45, 2.75) is 120 Å². The number of amides is 9. The number of aliphatic carboxylic acids is 1. The number of aliphatic hydroxyl groups excluding tert-OH is 2. The molecular formula is C54H70N12O15. The minimum Gasteiger partial charge on any atom is -0.508 e. The number of primary amides is 1. The van der Waals surface area contributed by atoms with E-state index in [-0.39, 0.29) is 56.6 Å². The number of aromatic hydroxyl groups is 2. The van der Waals surface area contributed by atoms with Gasteiger partial charge >= 0.3 is 5.97 Å². The van der Waals surface area contributed by atoms with Crippen molar-refractivity contribution in [2.75, 3.05) is 19.8 Å². The van der Waals surface area contributed by atoms with Crippen LogP contribution in [0.5, 0.6) is 11.5 Å². The molecule has 9 atom stereocenters. The average Bonchev–Trinajstić information content (AvgIpc) is 4.16. The Morgan fingerprint density at radius 2 is 1.10 bits per heavy atom. The monoisotopic (exact) mass is 1130 g/mol. The van der Waals surface area contributed by atoms with E-state index in [1.807, 2.05) is 0 Å². The van der Waals surface area contributed by atoms with Gasteiger partial charge in [-0.05, 0) is 66.1 Å². The Hall–Kier alpha value is -8.95. The summed E-state index contributed by atoms with van der Waals surface area (Å²) in [6, 6.07) is 6.45. The van der Waals surface area contributed by atoms with Crippen molar-refractivity contribution in [3.63, 3.8) is 0 Å². The van der Waals surface area contributed by atoms with Crippen LogP contribution in [0.1, 0.15) is 61.9 Å². The number of likely N-dealkylation sites (tertiary alicyclic amines) is 1. The zero-order valence-electron chi connectivity index (χ0n) is 44.6. The number of carbonyl (C=O) groups is 10. The topological polar surface area (TPSA) is 440 Å². The quantitative estimate of drug-likeness (QED) is 0.0244. The summed E-state index contributed by atoms with van der Waals surface area (Å²) in [5, 5.41) is 67.5. The zero-order valence-corrected chi connectivity index (χ0v) is 44.6. The molecule has 2 heterocycles. The van der Waals surface area contributed by atoms with Gasteiger partial charge in [0.15, 0.2) is 0 Å². The van der Waals surface area contributed by atoms with Gasteiger partial charge in [0.05, 0.1) is 19.5 Å². The lowest BCUT2D eigenvalue weighted by molar-refractivity contribution is -0.142. The Bertz CT molecular complexity index is 2800. The van der Waals surface area contributed by atoms with Crippen molar-refractivity contribution in [2.24, 2.45) is 17.4 Å². The number of benzene rings is 3. The molecule has 0 bridgehead atoms. The lowest BCUT2D eigenvalue weighted by Gasteiger charge is -2.29. The smallest absolute Gasteiger partial charge is 0.326 e. The maximum atomic E-state index is 14.6. The number of nitrogens with two attached hydrogens (primary N) is 2. The zero-order chi connectivity index (χ0) is 59.3. The third-order valence-corrected chi connectivity index (χ3v) is 13.3. The Labute approximate surface area is 465 Å². The van der Waals surface area contributed by atoms with E-state index in [0.717, 1.165) is 0 Å². The number of hydrogen-bond acceptors (Lipinski definition) is 16. The molecule has 0 unspecified atom stereocenters. The maximum absolute atomic E-state index is 14.6. The Morgan fingerprint density at radius 1 is 0.617 bits per heavy atom. The second kappa shape index (κ2) is 30.4. The number of nitrogens with zero attached hydrogens (tertiary/aromatic N) is 2. The van der Waals surface area contributed by atoms with Gasteiger partial charge in [-0.3, -0.25) is 43.2 Å². The number of hydrogen-bond donors (Lipinski definition) is 15. The predicted octanol–water partition coefficient (Wildman–Crippen LogP) is -3.21. The largest absolute Gasteiger partial charge is 0.508 e. The van der Waals surface area contributed by atoms with Crippen molar-refractivity contribution in [1.82, 2.24) is 52.1 Å². The molecule has 81 heavy (non-hydrogen) atoms. The summed E-state index contributed by atoms with van der Waals surface area (Å²) in [6.07, 6.45) is 1.51. The predicted molar refractivity (Wildman–Crippen MR) is 287 cm³/mol. The Kier molecular flexibility index (Phi) is 23.6. The van der Waals surface area contributed by atoms with Crippen LogP contribution in [0.15, 0.2) is 91.4 Å². The summed E-state index contributed by atoms with van der Waals surface area (Å²) < 4.78 is 0. The molecule has 1 aliphatic heterocycles. The van der Waals surface area contributed by atoms with Gasteiger partial charge in [-0.25, -0.2) is 9.78 Å². The minimum absolute atomic E-state index is 0.112. The van der Waals surface area contributed by atoms with Gasteiger partial charge in [0, 0.05) is 50.5 Å². The van der Waals surface area contributed by atoms with E-state index in [1.54, 1.807) is 44.2 Å². The van der Waals surface area contributed by atoms with Crippen LogP contribution in [0, 0.1) is 5.92 Å². The number of phenolic OH excluding ortho intramolecular Hbond substituents is 2. The molecule has 4 aromatic rings. The molecule has 9 amide bonds. The van der Waals surface area contributed by atoms with Gasteiger partial charge in [-0.1, -0.05) is 68.4 Å². The van der Waals surface area contributed by atoms with Crippen molar-refractivity contribution in [3.05, 3.63) is 114 Å². The fourth-order valence-electron chi connectivity index (χ4n) is 8.78. The van der Waals surface area contributed by atoms with Crippen molar-refractivity contribution in [1.29, 1.82) is 0 Å². The number of H-pyrrole nitrogens is 1. The Balaban J connectivity index is 1.39. The van der Waals surface area contributed by atoms with E-state index in [1.165, 1.54) is 66.0 Å². The van der Waals surface area contributed by atoms with Gasteiger partial charge in [0.25, 0.3) is 0 Å². The molecule has 3 aromatic carbocycles. The lowest BCUT2D eigenvalue weighted by Crippen LogP contribution is -2.62. The summed E-state index contributed by atoms with van der Waals surface area (Å²) in [6.45, 7) is 1.66. The number of aromatic nitrogens is 2. The van der Waals surface area contributed by atoms with Crippen LogP contribution in [-0.4, -0.2) is 174 Å². The summed E-state index contributed by atoms with van der Waals surface area (Å²) in [5.74, 6) is -10.5. The molecule has 0 spiro atoms. The highest BCUT2D eigenvalue weighted by molar-refractivity contribution is 5.98. The fourth-order valence-corrected chi connectivity index (χ4v) is 8.78. The minimum atomic E-state index is -1.66.